The number of hydrogen-bond acceptors (Lipinski definition) is 7. The topological polar surface area (TPSA) is 112 Å². The van der Waals surface area contributed by atoms with Crippen molar-refractivity contribution in [2.24, 2.45) is 5.92 Å². The summed E-state index contributed by atoms with van der Waals surface area (Å²) in [4.78, 5) is 49.5. The fourth-order valence-electron chi connectivity index (χ4n) is 3.44. The van der Waals surface area contributed by atoms with Crippen LogP contribution in [0.4, 0.5) is 5.88 Å². The Labute approximate surface area is 187 Å². The maximum absolute atomic E-state index is 12.8. The van der Waals surface area contributed by atoms with Crippen molar-refractivity contribution >= 4 is 29.5 Å². The van der Waals surface area contributed by atoms with Gasteiger partial charge in [0.15, 0.2) is 12.4 Å². The molecule has 0 saturated carbocycles. The van der Waals surface area contributed by atoms with E-state index in [0.717, 1.165) is 12.0 Å². The average molecular weight is 443 g/mol. The van der Waals surface area contributed by atoms with Gasteiger partial charge in [0.05, 0.1) is 18.1 Å². The Morgan fingerprint density at radius 2 is 1.69 bits per heavy atom. The van der Waals surface area contributed by atoms with Gasteiger partial charge in [-0.2, -0.15) is 0 Å². The molecule has 0 aliphatic heterocycles. The van der Waals surface area contributed by atoms with Crippen LogP contribution in [0.5, 0.6) is 0 Å². The van der Waals surface area contributed by atoms with Crippen molar-refractivity contribution < 1.29 is 33.1 Å². The summed E-state index contributed by atoms with van der Waals surface area (Å²) in [5, 5.41) is 2.41. The second-order valence-electron chi connectivity index (χ2n) is 7.44. The molecule has 8 heteroatoms. The molecule has 2 rings (SSSR count). The van der Waals surface area contributed by atoms with Crippen molar-refractivity contribution in [1.29, 1.82) is 0 Å². The number of hydrogen-bond donors (Lipinski definition) is 1. The van der Waals surface area contributed by atoms with Gasteiger partial charge in [0.25, 0.3) is 5.91 Å². The zero-order valence-corrected chi connectivity index (χ0v) is 19.0. The molecule has 1 amide bonds. The maximum Gasteiger partial charge on any atom is 0.344 e. The van der Waals surface area contributed by atoms with Gasteiger partial charge in [0.2, 0.25) is 5.88 Å². The molecule has 0 bridgehead atoms. The first kappa shape index (κ1) is 24.8. The lowest BCUT2D eigenvalue weighted by Crippen LogP contribution is -2.27. The number of ether oxygens (including phenoxy) is 2. The quantitative estimate of drug-likeness (QED) is 0.431. The van der Waals surface area contributed by atoms with Crippen molar-refractivity contribution in [2.75, 3.05) is 18.5 Å². The molecule has 2 unspecified atom stereocenters. The van der Waals surface area contributed by atoms with Crippen LogP contribution in [0.25, 0.3) is 0 Å². The van der Waals surface area contributed by atoms with Crippen LogP contribution in [-0.4, -0.2) is 36.8 Å². The number of furan rings is 1. The van der Waals surface area contributed by atoms with Gasteiger partial charge in [-0.15, -0.1) is 0 Å². The lowest BCUT2D eigenvalue weighted by atomic mass is 9.86. The van der Waals surface area contributed by atoms with Crippen molar-refractivity contribution in [1.82, 2.24) is 0 Å². The van der Waals surface area contributed by atoms with E-state index >= 15 is 0 Å². The molecule has 172 valence electrons. The molecule has 0 spiro atoms. The monoisotopic (exact) mass is 443 g/mol. The summed E-state index contributed by atoms with van der Waals surface area (Å²) in [6, 6.07) is 9.23. The Hall–Kier alpha value is -3.42. The van der Waals surface area contributed by atoms with E-state index in [4.69, 9.17) is 13.9 Å². The smallest absolute Gasteiger partial charge is 0.344 e. The standard InChI is InChI=1S/C24H29NO7/c1-6-14(3)19(17-11-9-8-10-12-17)23(28)31-13-18(27)25-22-21(24(29)30-7-2)20(15(4)26)16(5)32-22/h8-12,14,19H,6-7,13H2,1-5H3,(H,25,27). The molecule has 32 heavy (non-hydrogen) atoms. The Morgan fingerprint density at radius 1 is 1.03 bits per heavy atom. The second-order valence-corrected chi connectivity index (χ2v) is 7.44. The fraction of sp³-hybridized carbons (Fsp3) is 0.417. The van der Waals surface area contributed by atoms with E-state index in [1.54, 1.807) is 6.92 Å². The number of carbonyl (C=O) groups excluding carboxylic acids is 4. The Kier molecular flexibility index (Phi) is 8.75. The van der Waals surface area contributed by atoms with Gasteiger partial charge in [0, 0.05) is 0 Å². The molecule has 2 atom stereocenters. The van der Waals surface area contributed by atoms with E-state index < -0.39 is 36.2 Å². The van der Waals surface area contributed by atoms with Crippen LogP contribution in [0.3, 0.4) is 0 Å². The van der Waals surface area contributed by atoms with Crippen molar-refractivity contribution in [3.8, 4) is 0 Å². The first-order valence-corrected chi connectivity index (χ1v) is 10.5. The minimum Gasteiger partial charge on any atom is -0.462 e. The van der Waals surface area contributed by atoms with Crippen LogP contribution in [-0.2, 0) is 19.1 Å². The molecule has 0 aliphatic rings. The summed E-state index contributed by atoms with van der Waals surface area (Å²) < 4.78 is 15.7. The molecule has 0 saturated heterocycles. The maximum atomic E-state index is 12.8. The first-order chi connectivity index (χ1) is 15.2. The number of ketones is 1. The number of aryl methyl sites for hydroxylation is 1. The highest BCUT2D eigenvalue weighted by Gasteiger charge is 2.30. The van der Waals surface area contributed by atoms with Gasteiger partial charge in [0.1, 0.15) is 11.3 Å². The van der Waals surface area contributed by atoms with Crippen LogP contribution >= 0.6 is 0 Å². The van der Waals surface area contributed by atoms with Crippen LogP contribution in [0.1, 0.15) is 72.1 Å². The van der Waals surface area contributed by atoms with Gasteiger partial charge in [-0.05, 0) is 32.3 Å². The fourth-order valence-corrected chi connectivity index (χ4v) is 3.44. The number of esters is 2. The number of rotatable bonds is 10. The van der Waals surface area contributed by atoms with Gasteiger partial charge in [-0.25, -0.2) is 4.79 Å². The zero-order valence-electron chi connectivity index (χ0n) is 19.0. The molecule has 1 heterocycles. The highest BCUT2D eigenvalue weighted by atomic mass is 16.5. The summed E-state index contributed by atoms with van der Waals surface area (Å²) in [7, 11) is 0. The van der Waals surface area contributed by atoms with Crippen molar-refractivity contribution in [3.63, 3.8) is 0 Å². The molecule has 1 N–H and O–H groups in total. The molecule has 8 nitrogen and oxygen atoms in total. The summed E-state index contributed by atoms with van der Waals surface area (Å²) in [6.07, 6.45) is 0.753. The van der Waals surface area contributed by atoms with Crippen LogP contribution in [0.2, 0.25) is 0 Å². The summed E-state index contributed by atoms with van der Waals surface area (Å²) in [6.45, 7) is 7.84. The van der Waals surface area contributed by atoms with Gasteiger partial charge in [-0.1, -0.05) is 50.6 Å². The largest absolute Gasteiger partial charge is 0.462 e. The van der Waals surface area contributed by atoms with Crippen molar-refractivity contribution in [2.45, 2.75) is 47.0 Å². The van der Waals surface area contributed by atoms with E-state index in [9.17, 15) is 19.2 Å². The van der Waals surface area contributed by atoms with E-state index in [1.165, 1.54) is 13.8 Å². The lowest BCUT2D eigenvalue weighted by Gasteiger charge is -2.21. The Morgan fingerprint density at radius 3 is 2.25 bits per heavy atom. The van der Waals surface area contributed by atoms with E-state index in [1.807, 2.05) is 44.2 Å². The lowest BCUT2D eigenvalue weighted by molar-refractivity contribution is -0.150. The first-order valence-electron chi connectivity index (χ1n) is 10.5. The van der Waals surface area contributed by atoms with Gasteiger partial charge >= 0.3 is 11.9 Å². The second kappa shape index (κ2) is 11.3. The minimum absolute atomic E-state index is 0.00854. The predicted octanol–water partition coefficient (Wildman–Crippen LogP) is 4.28. The number of benzene rings is 1. The van der Waals surface area contributed by atoms with Gasteiger partial charge < -0.3 is 13.9 Å². The SMILES string of the molecule is CCOC(=O)c1c(NC(=O)COC(=O)C(c2ccccc2)C(C)CC)oc(C)c1C(C)=O. The van der Waals surface area contributed by atoms with Crippen LogP contribution in [0.15, 0.2) is 34.7 Å². The number of nitrogens with one attached hydrogen (secondary N) is 1. The number of carbonyl (C=O) groups is 4. The number of anilines is 1. The Balaban J connectivity index is 2.15. The molecule has 0 radical (unpaired) electrons. The molecule has 0 fully saturated rings. The number of amides is 1. The third-order valence-corrected chi connectivity index (χ3v) is 5.14. The normalized spacial score (nSPS) is 12.5. The molecular formula is C24H29NO7. The molecular weight excluding hydrogens is 414 g/mol. The Bertz CT molecular complexity index is 978. The predicted molar refractivity (Wildman–Crippen MR) is 118 cm³/mol. The minimum atomic E-state index is -0.789. The summed E-state index contributed by atoms with van der Waals surface area (Å²) in [5.41, 5.74) is 0.694. The number of Topliss-reactive ketones (excluding diaryl/α,β-unsaturated/α-hetero) is 1. The van der Waals surface area contributed by atoms with Crippen LogP contribution < -0.4 is 5.32 Å². The molecule has 0 aliphatic carbocycles. The van der Waals surface area contributed by atoms with Crippen molar-refractivity contribution in [3.05, 3.63) is 52.8 Å². The molecule has 1 aromatic heterocycles. The zero-order chi connectivity index (χ0) is 23.8. The van der Waals surface area contributed by atoms with E-state index in [-0.39, 0.29) is 35.3 Å². The summed E-state index contributed by atoms with van der Waals surface area (Å²) >= 11 is 0. The average Bonchev–Trinajstić information content (AvgIpc) is 3.09. The highest BCUT2D eigenvalue weighted by Crippen LogP contribution is 2.30. The molecule has 2 aromatic rings. The summed E-state index contributed by atoms with van der Waals surface area (Å²) in [5.74, 6) is -2.96. The highest BCUT2D eigenvalue weighted by molar-refractivity contribution is 6.10. The van der Waals surface area contributed by atoms with E-state index in [0.29, 0.717) is 0 Å². The van der Waals surface area contributed by atoms with Gasteiger partial charge in [-0.3, -0.25) is 19.7 Å². The third kappa shape index (κ3) is 5.84. The third-order valence-electron chi connectivity index (χ3n) is 5.14. The molecule has 1 aromatic carbocycles. The van der Waals surface area contributed by atoms with E-state index in [2.05, 4.69) is 5.32 Å². The van der Waals surface area contributed by atoms with Crippen LogP contribution in [0, 0.1) is 12.8 Å².